The lowest BCUT2D eigenvalue weighted by Gasteiger charge is -2.09. The molecule has 8 heteroatoms. The minimum absolute atomic E-state index is 0.0371. The molecule has 0 spiro atoms. The van der Waals surface area contributed by atoms with E-state index in [2.05, 4.69) is 9.97 Å². The molecule has 0 unspecified atom stereocenters. The Balaban J connectivity index is 1.35. The van der Waals surface area contributed by atoms with Crippen molar-refractivity contribution in [2.45, 2.75) is 38.5 Å². The van der Waals surface area contributed by atoms with Crippen molar-refractivity contribution in [1.29, 1.82) is 0 Å². The molecule has 156 valence electrons. The number of ketones is 1. The number of H-pyrrole nitrogens is 1. The lowest BCUT2D eigenvalue weighted by molar-refractivity contribution is -0.142. The second-order valence-electron chi connectivity index (χ2n) is 7.22. The number of carbonyl (C=O) groups is 2. The Kier molecular flexibility index (Phi) is 5.94. The van der Waals surface area contributed by atoms with Gasteiger partial charge in [-0.25, -0.2) is 4.98 Å². The van der Waals surface area contributed by atoms with E-state index in [1.807, 2.05) is 0 Å². The Labute approximate surface area is 177 Å². The van der Waals surface area contributed by atoms with Crippen molar-refractivity contribution in [3.63, 3.8) is 0 Å². The maximum absolute atomic E-state index is 12.5. The van der Waals surface area contributed by atoms with Crippen molar-refractivity contribution in [2.24, 2.45) is 0 Å². The highest BCUT2D eigenvalue weighted by molar-refractivity contribution is 7.18. The molecule has 1 N–H and O–H groups in total. The summed E-state index contributed by atoms with van der Waals surface area (Å²) in [5.41, 5.74) is 1.44. The molecule has 30 heavy (non-hydrogen) atoms. The molecule has 0 saturated carbocycles. The van der Waals surface area contributed by atoms with Gasteiger partial charge in [0.25, 0.3) is 5.56 Å². The van der Waals surface area contributed by atoms with Crippen LogP contribution in [0.4, 0.5) is 0 Å². The number of carbonyl (C=O) groups excluding carboxylic acids is 2. The average molecular weight is 426 g/mol. The maximum atomic E-state index is 12.5. The molecule has 0 bridgehead atoms. The Morgan fingerprint density at radius 3 is 2.70 bits per heavy atom. The number of nitrogens with one attached hydrogen (secondary N) is 1. The summed E-state index contributed by atoms with van der Waals surface area (Å²) in [6.45, 7) is -0.328. The number of aryl methyl sites for hydroxylation is 3. The van der Waals surface area contributed by atoms with Crippen molar-refractivity contribution >= 4 is 33.3 Å². The first-order valence-electron chi connectivity index (χ1n) is 9.91. The van der Waals surface area contributed by atoms with Gasteiger partial charge in [0, 0.05) is 16.9 Å². The van der Waals surface area contributed by atoms with Gasteiger partial charge in [-0.1, -0.05) is 0 Å². The van der Waals surface area contributed by atoms with Crippen LogP contribution in [0.5, 0.6) is 5.75 Å². The Morgan fingerprint density at radius 2 is 1.93 bits per heavy atom. The number of aromatic amines is 1. The second-order valence-corrected chi connectivity index (χ2v) is 8.30. The first-order valence-corrected chi connectivity index (χ1v) is 10.7. The van der Waals surface area contributed by atoms with Crippen LogP contribution in [0, 0.1) is 0 Å². The Hall–Kier alpha value is -3.00. The van der Waals surface area contributed by atoms with Crippen LogP contribution in [0.1, 0.15) is 45.9 Å². The number of esters is 1. The maximum Gasteiger partial charge on any atom is 0.306 e. The van der Waals surface area contributed by atoms with E-state index in [1.54, 1.807) is 42.7 Å². The highest BCUT2D eigenvalue weighted by atomic mass is 32.1. The van der Waals surface area contributed by atoms with E-state index < -0.39 is 5.97 Å². The fourth-order valence-corrected chi connectivity index (χ4v) is 4.91. The molecular weight excluding hydrogens is 404 g/mol. The third kappa shape index (κ3) is 4.28. The molecule has 4 rings (SSSR count). The van der Waals surface area contributed by atoms with E-state index in [-0.39, 0.29) is 30.8 Å². The number of benzene rings is 1. The zero-order chi connectivity index (χ0) is 21.1. The molecule has 7 nitrogen and oxygen atoms in total. The quantitative estimate of drug-likeness (QED) is 0.460. The molecule has 0 fully saturated rings. The van der Waals surface area contributed by atoms with Crippen LogP contribution in [0.15, 0.2) is 29.1 Å². The van der Waals surface area contributed by atoms with E-state index in [4.69, 9.17) is 9.47 Å². The summed E-state index contributed by atoms with van der Waals surface area (Å²) in [6, 6.07) is 6.60. The number of Topliss-reactive ketones (excluding diaryl/α,β-unsaturated/α-hetero) is 1. The van der Waals surface area contributed by atoms with Crippen LogP contribution in [0.2, 0.25) is 0 Å². The van der Waals surface area contributed by atoms with E-state index in [1.165, 1.54) is 4.88 Å². The lowest BCUT2D eigenvalue weighted by atomic mass is 9.97. The van der Waals surface area contributed by atoms with Gasteiger partial charge in [0.05, 0.1) is 18.9 Å². The first-order chi connectivity index (χ1) is 14.5. The summed E-state index contributed by atoms with van der Waals surface area (Å²) >= 11 is 1.58. The highest BCUT2D eigenvalue weighted by Gasteiger charge is 2.20. The zero-order valence-corrected chi connectivity index (χ0v) is 17.5. The zero-order valence-electron chi connectivity index (χ0n) is 16.7. The predicted octanol–water partition coefficient (Wildman–Crippen LogP) is 3.23. The van der Waals surface area contributed by atoms with E-state index >= 15 is 0 Å². The Morgan fingerprint density at radius 1 is 1.17 bits per heavy atom. The van der Waals surface area contributed by atoms with Crippen LogP contribution in [-0.2, 0) is 28.8 Å². The monoisotopic (exact) mass is 426 g/mol. The molecule has 2 heterocycles. The Bertz CT molecular complexity index is 1150. The predicted molar refractivity (Wildman–Crippen MR) is 113 cm³/mol. The minimum atomic E-state index is -0.509. The van der Waals surface area contributed by atoms with Gasteiger partial charge in [0.2, 0.25) is 0 Å². The molecule has 1 aliphatic carbocycles. The van der Waals surface area contributed by atoms with Gasteiger partial charge >= 0.3 is 5.97 Å². The summed E-state index contributed by atoms with van der Waals surface area (Å²) < 4.78 is 10.1. The van der Waals surface area contributed by atoms with E-state index in [0.717, 1.165) is 36.1 Å². The van der Waals surface area contributed by atoms with Crippen molar-refractivity contribution < 1.29 is 19.1 Å². The molecule has 1 aliphatic rings. The highest BCUT2D eigenvalue weighted by Crippen LogP contribution is 2.33. The second kappa shape index (κ2) is 8.79. The molecule has 0 amide bonds. The van der Waals surface area contributed by atoms with Crippen LogP contribution in [-0.4, -0.2) is 35.4 Å². The van der Waals surface area contributed by atoms with Gasteiger partial charge in [-0.15, -0.1) is 11.3 Å². The molecule has 0 aliphatic heterocycles. The molecule has 0 atom stereocenters. The van der Waals surface area contributed by atoms with Gasteiger partial charge in [0.1, 0.15) is 16.4 Å². The van der Waals surface area contributed by atoms with Gasteiger partial charge < -0.3 is 14.5 Å². The number of ether oxygens (including phenoxy) is 2. The van der Waals surface area contributed by atoms with Crippen molar-refractivity contribution in [1.82, 2.24) is 9.97 Å². The topological polar surface area (TPSA) is 98.3 Å². The molecule has 3 aromatic rings. The van der Waals surface area contributed by atoms with Crippen LogP contribution in [0.25, 0.3) is 10.2 Å². The smallest absolute Gasteiger partial charge is 0.306 e. The number of methoxy groups -OCH3 is 1. The SMILES string of the molecule is COc1ccc(C(=O)COC(=O)CCc2nc3sc4c(c3c(=O)[nH]2)CCCC4)cc1. The number of thiophene rings is 1. The summed E-state index contributed by atoms with van der Waals surface area (Å²) in [6.07, 6.45) is 4.46. The van der Waals surface area contributed by atoms with Crippen LogP contribution in [0.3, 0.4) is 0 Å². The number of aromatic nitrogens is 2. The first kappa shape index (κ1) is 20.3. The number of hydrogen-bond donors (Lipinski definition) is 1. The summed E-state index contributed by atoms with van der Waals surface area (Å²) in [4.78, 5) is 46.1. The molecule has 0 radical (unpaired) electrons. The summed E-state index contributed by atoms with van der Waals surface area (Å²) in [5, 5.41) is 0.700. The number of fused-ring (bicyclic) bond motifs is 3. The van der Waals surface area contributed by atoms with Gasteiger partial charge in [-0.3, -0.25) is 14.4 Å². The fourth-order valence-electron chi connectivity index (χ4n) is 3.63. The third-order valence-electron chi connectivity index (χ3n) is 5.22. The van der Waals surface area contributed by atoms with E-state index in [0.29, 0.717) is 22.5 Å². The van der Waals surface area contributed by atoms with Gasteiger partial charge in [-0.05, 0) is 55.5 Å². The molecule has 0 saturated heterocycles. The summed E-state index contributed by atoms with van der Waals surface area (Å²) in [5.74, 6) is 0.311. The fraction of sp³-hybridized carbons (Fsp3) is 0.364. The third-order valence-corrected chi connectivity index (χ3v) is 6.40. The summed E-state index contributed by atoms with van der Waals surface area (Å²) in [7, 11) is 1.55. The number of nitrogens with zero attached hydrogens (tertiary/aromatic N) is 1. The molecule has 1 aromatic carbocycles. The number of rotatable bonds is 7. The lowest BCUT2D eigenvalue weighted by Crippen LogP contribution is -2.16. The van der Waals surface area contributed by atoms with Crippen LogP contribution >= 0.6 is 11.3 Å². The van der Waals surface area contributed by atoms with E-state index in [9.17, 15) is 14.4 Å². The van der Waals surface area contributed by atoms with Crippen molar-refractivity contribution in [2.75, 3.05) is 13.7 Å². The van der Waals surface area contributed by atoms with Crippen molar-refractivity contribution in [3.8, 4) is 5.75 Å². The minimum Gasteiger partial charge on any atom is -0.497 e. The number of hydrogen-bond acceptors (Lipinski definition) is 7. The molecular formula is C22H22N2O5S. The van der Waals surface area contributed by atoms with Gasteiger partial charge in [-0.2, -0.15) is 0 Å². The standard InChI is InChI=1S/C22H22N2O5S/c1-28-14-8-6-13(7-9-14)16(25)12-29-19(26)11-10-18-23-21(27)20-15-4-2-3-5-17(15)30-22(20)24-18/h6-9H,2-5,10-12H2,1H3,(H,23,24,27). The normalized spacial score (nSPS) is 13.1. The molecule has 2 aromatic heterocycles. The van der Waals surface area contributed by atoms with Crippen LogP contribution < -0.4 is 10.3 Å². The average Bonchev–Trinajstić information content (AvgIpc) is 3.15. The van der Waals surface area contributed by atoms with Gasteiger partial charge in [0.15, 0.2) is 12.4 Å². The van der Waals surface area contributed by atoms with Crippen molar-refractivity contribution in [3.05, 3.63) is 56.4 Å². The largest absolute Gasteiger partial charge is 0.497 e.